The quantitative estimate of drug-likeness (QED) is 0.806. The average Bonchev–Trinajstić information content (AvgIpc) is 3.31. The minimum atomic E-state index is 0.426. The molecule has 0 saturated heterocycles. The van der Waals surface area contributed by atoms with Gasteiger partial charge >= 0.3 is 0 Å². The normalized spacial score (nSPS) is 14.1. The lowest BCUT2D eigenvalue weighted by molar-refractivity contribution is 0.627. The molecule has 23 heavy (non-hydrogen) atoms. The number of hydrogen-bond donors (Lipinski definition) is 3. The molecule has 0 spiro atoms. The summed E-state index contributed by atoms with van der Waals surface area (Å²) in [6.45, 7) is 0.566. The first-order valence-corrected chi connectivity index (χ1v) is 8.01. The minimum Gasteiger partial charge on any atom is -0.404 e. The van der Waals surface area contributed by atoms with Crippen molar-refractivity contribution in [3.05, 3.63) is 42.0 Å². The van der Waals surface area contributed by atoms with Gasteiger partial charge in [-0.3, -0.25) is 4.68 Å². The Hall–Kier alpha value is -2.68. The zero-order valence-corrected chi connectivity index (χ0v) is 13.3. The molecule has 2 aromatic rings. The molecule has 6 heteroatoms. The van der Waals surface area contributed by atoms with Crippen LogP contribution in [0.15, 0.2) is 30.9 Å². The van der Waals surface area contributed by atoms with Gasteiger partial charge in [-0.1, -0.05) is 32.1 Å². The topological polar surface area (TPSA) is 109 Å². The number of nitrogens with zero attached hydrogens (tertiary/aromatic N) is 3. The maximum atomic E-state index is 8.53. The van der Waals surface area contributed by atoms with Gasteiger partial charge in [-0.05, 0) is 6.07 Å². The van der Waals surface area contributed by atoms with E-state index in [0.29, 0.717) is 18.8 Å². The molecule has 122 valence electrons. The Bertz CT molecular complexity index is 662. The van der Waals surface area contributed by atoms with Crippen LogP contribution in [0.5, 0.6) is 0 Å². The molecule has 0 amide bonds. The van der Waals surface area contributed by atoms with Gasteiger partial charge in [0.25, 0.3) is 0 Å². The highest BCUT2D eigenvalue weighted by molar-refractivity contribution is 5.83. The third-order valence-electron chi connectivity index (χ3n) is 3.88. The van der Waals surface area contributed by atoms with E-state index in [4.69, 9.17) is 16.7 Å². The molecular formula is C17H24N6. The molecule has 0 atom stereocenters. The number of nitriles is 1. The molecule has 1 aliphatic rings. The number of anilines is 1. The third-order valence-corrected chi connectivity index (χ3v) is 3.88. The molecule has 3 rings (SSSR count). The Morgan fingerprint density at radius 3 is 2.57 bits per heavy atom. The Morgan fingerprint density at radius 1 is 1.35 bits per heavy atom. The van der Waals surface area contributed by atoms with E-state index in [2.05, 4.69) is 16.2 Å². The second-order valence-corrected chi connectivity index (χ2v) is 5.55. The molecule has 1 saturated carbocycles. The molecule has 1 fully saturated rings. The van der Waals surface area contributed by atoms with Crippen LogP contribution in [0.25, 0.3) is 5.57 Å². The molecule has 0 bridgehead atoms. The highest BCUT2D eigenvalue weighted by atomic mass is 15.3. The standard InChI is InChI=1S/C12H14N6.C5H10/c13-3-1-5-18-8-9(7-17-18)11(6-14)10-2-4-16-12(10)15;1-2-4-5-3-1/h2,4,6-8,16H,1,5,14-15H2;1-5H2/b11-6-;. The van der Waals surface area contributed by atoms with Crippen LogP contribution < -0.4 is 11.5 Å². The van der Waals surface area contributed by atoms with E-state index in [1.54, 1.807) is 17.1 Å². The zero-order chi connectivity index (χ0) is 16.5. The lowest BCUT2D eigenvalue weighted by atomic mass is 10.0. The molecule has 6 nitrogen and oxygen atoms in total. The van der Waals surface area contributed by atoms with Gasteiger partial charge in [0, 0.05) is 35.3 Å². The van der Waals surface area contributed by atoms with Crippen molar-refractivity contribution in [1.82, 2.24) is 14.8 Å². The van der Waals surface area contributed by atoms with E-state index in [1.807, 2.05) is 12.3 Å². The summed E-state index contributed by atoms with van der Waals surface area (Å²) in [4.78, 5) is 2.91. The number of nitrogens with one attached hydrogen (secondary N) is 1. The number of nitrogen functional groups attached to an aromatic ring is 1. The predicted molar refractivity (Wildman–Crippen MR) is 92.0 cm³/mol. The summed E-state index contributed by atoms with van der Waals surface area (Å²) in [6, 6.07) is 3.94. The molecule has 2 heterocycles. The number of H-pyrrole nitrogens is 1. The second-order valence-electron chi connectivity index (χ2n) is 5.55. The Balaban J connectivity index is 0.000000326. The van der Waals surface area contributed by atoms with E-state index in [0.717, 1.165) is 16.7 Å². The first-order chi connectivity index (χ1) is 11.3. The van der Waals surface area contributed by atoms with Crippen molar-refractivity contribution >= 4 is 11.4 Å². The number of nitrogens with two attached hydrogens (primary N) is 2. The monoisotopic (exact) mass is 312 g/mol. The number of aromatic amines is 1. The van der Waals surface area contributed by atoms with Crippen molar-refractivity contribution in [1.29, 1.82) is 5.26 Å². The molecule has 0 radical (unpaired) electrons. The smallest absolute Gasteiger partial charge is 0.108 e. The lowest BCUT2D eigenvalue weighted by Gasteiger charge is -2.03. The summed E-state index contributed by atoms with van der Waals surface area (Å²) in [7, 11) is 0. The van der Waals surface area contributed by atoms with Crippen LogP contribution in [0.1, 0.15) is 49.7 Å². The highest BCUT2D eigenvalue weighted by Gasteiger charge is 2.11. The van der Waals surface area contributed by atoms with Gasteiger partial charge in [0.15, 0.2) is 0 Å². The van der Waals surface area contributed by atoms with Crippen molar-refractivity contribution in [3.63, 3.8) is 0 Å². The van der Waals surface area contributed by atoms with Crippen molar-refractivity contribution in [2.24, 2.45) is 5.73 Å². The van der Waals surface area contributed by atoms with Crippen LogP contribution in [0.2, 0.25) is 0 Å². The fourth-order valence-corrected chi connectivity index (χ4v) is 2.63. The summed E-state index contributed by atoms with van der Waals surface area (Å²) in [6.07, 6.45) is 14.7. The van der Waals surface area contributed by atoms with Gasteiger partial charge in [-0.15, -0.1) is 0 Å². The van der Waals surface area contributed by atoms with Gasteiger partial charge in [-0.2, -0.15) is 10.4 Å². The number of rotatable bonds is 4. The Kier molecular flexibility index (Phi) is 6.30. The largest absolute Gasteiger partial charge is 0.404 e. The zero-order valence-electron chi connectivity index (χ0n) is 13.3. The summed E-state index contributed by atoms with van der Waals surface area (Å²) in [5, 5.41) is 12.7. The van der Waals surface area contributed by atoms with E-state index in [1.165, 1.54) is 38.3 Å². The van der Waals surface area contributed by atoms with Crippen molar-refractivity contribution < 1.29 is 0 Å². The number of aryl methyl sites for hydroxylation is 1. The summed E-state index contributed by atoms with van der Waals surface area (Å²) < 4.78 is 1.71. The number of aromatic nitrogens is 3. The lowest BCUT2D eigenvalue weighted by Crippen LogP contribution is -1.97. The minimum absolute atomic E-state index is 0.426. The molecule has 0 aliphatic heterocycles. The highest BCUT2D eigenvalue weighted by Crippen LogP contribution is 2.26. The summed E-state index contributed by atoms with van der Waals surface area (Å²) in [5.74, 6) is 0.566. The Labute approximate surface area is 136 Å². The van der Waals surface area contributed by atoms with Gasteiger partial charge in [0.2, 0.25) is 0 Å². The second kappa shape index (κ2) is 8.69. The van der Waals surface area contributed by atoms with E-state index in [-0.39, 0.29) is 0 Å². The predicted octanol–water partition coefficient (Wildman–Crippen LogP) is 3.01. The molecule has 1 aliphatic carbocycles. The first-order valence-electron chi connectivity index (χ1n) is 8.01. The van der Waals surface area contributed by atoms with Gasteiger partial charge in [-0.25, -0.2) is 0 Å². The molecule has 0 aromatic carbocycles. The molecule has 2 aromatic heterocycles. The van der Waals surface area contributed by atoms with Crippen molar-refractivity contribution in [2.45, 2.75) is 45.1 Å². The maximum absolute atomic E-state index is 8.53. The first kappa shape index (κ1) is 16.7. The number of hydrogen-bond acceptors (Lipinski definition) is 4. The Morgan fingerprint density at radius 2 is 2.04 bits per heavy atom. The molecule has 5 N–H and O–H groups in total. The van der Waals surface area contributed by atoms with Crippen LogP contribution in [-0.2, 0) is 6.54 Å². The third kappa shape index (κ3) is 4.65. The van der Waals surface area contributed by atoms with E-state index < -0.39 is 0 Å². The van der Waals surface area contributed by atoms with Gasteiger partial charge in [0.05, 0.1) is 25.2 Å². The van der Waals surface area contributed by atoms with Crippen LogP contribution in [-0.4, -0.2) is 14.8 Å². The fourth-order valence-electron chi connectivity index (χ4n) is 2.63. The summed E-state index contributed by atoms with van der Waals surface area (Å²) in [5.41, 5.74) is 14.0. The molecule has 0 unspecified atom stereocenters. The maximum Gasteiger partial charge on any atom is 0.108 e. The average molecular weight is 312 g/mol. The van der Waals surface area contributed by atoms with Crippen LogP contribution >= 0.6 is 0 Å². The van der Waals surface area contributed by atoms with Crippen molar-refractivity contribution in [3.8, 4) is 6.07 Å². The van der Waals surface area contributed by atoms with Crippen LogP contribution in [0, 0.1) is 11.3 Å². The van der Waals surface area contributed by atoms with Gasteiger partial charge in [0.1, 0.15) is 5.82 Å². The van der Waals surface area contributed by atoms with Crippen molar-refractivity contribution in [2.75, 3.05) is 5.73 Å². The van der Waals surface area contributed by atoms with E-state index >= 15 is 0 Å². The fraction of sp³-hybridized carbons (Fsp3) is 0.412. The van der Waals surface area contributed by atoms with Crippen LogP contribution in [0.4, 0.5) is 5.82 Å². The molecular weight excluding hydrogens is 288 g/mol. The van der Waals surface area contributed by atoms with E-state index in [9.17, 15) is 0 Å². The SMILES string of the molecule is C1CCCC1.N#CCCn1cc(/C(=C/N)c2cc[nH]c2N)cn1. The summed E-state index contributed by atoms with van der Waals surface area (Å²) >= 11 is 0. The van der Waals surface area contributed by atoms with Crippen LogP contribution in [0.3, 0.4) is 0 Å². The van der Waals surface area contributed by atoms with Gasteiger partial charge < -0.3 is 16.5 Å².